The first-order chi connectivity index (χ1) is 9.24. The van der Waals surface area contributed by atoms with E-state index >= 15 is 0 Å². The Morgan fingerprint density at radius 1 is 1.26 bits per heavy atom. The van der Waals surface area contributed by atoms with Gasteiger partial charge >= 0.3 is 5.97 Å². The molecule has 5 heteroatoms. The molecule has 0 unspecified atom stereocenters. The number of hydrogen-bond acceptors (Lipinski definition) is 3. The zero-order valence-corrected chi connectivity index (χ0v) is 10.7. The summed E-state index contributed by atoms with van der Waals surface area (Å²) in [6, 6.07) is 8.20. The van der Waals surface area contributed by atoms with Gasteiger partial charge in [0.15, 0.2) is 0 Å². The number of carboxylic acids is 1. The molecule has 0 bridgehead atoms. The maximum absolute atomic E-state index is 10.8. The van der Waals surface area contributed by atoms with Gasteiger partial charge in [-0.1, -0.05) is 0 Å². The summed E-state index contributed by atoms with van der Waals surface area (Å²) in [6.45, 7) is 4.06. The minimum Gasteiger partial charge on any atom is -0.480 e. The van der Waals surface area contributed by atoms with Gasteiger partial charge in [0.05, 0.1) is 0 Å². The molecular weight excluding hydrogens is 242 g/mol. The van der Waals surface area contributed by atoms with Crippen molar-refractivity contribution in [1.29, 1.82) is 0 Å². The normalized spacial score (nSPS) is 15.9. The second-order valence-corrected chi connectivity index (χ2v) is 4.82. The van der Waals surface area contributed by atoms with E-state index in [0.29, 0.717) is 0 Å². The molecule has 19 heavy (non-hydrogen) atoms. The molecule has 0 radical (unpaired) electrons. The van der Waals surface area contributed by atoms with Crippen molar-refractivity contribution in [3.63, 3.8) is 0 Å². The first-order valence-corrected chi connectivity index (χ1v) is 6.50. The molecule has 0 spiro atoms. The molecule has 1 fully saturated rings. The van der Waals surface area contributed by atoms with Crippen molar-refractivity contribution in [3.05, 3.63) is 30.5 Å². The molecule has 100 valence electrons. The molecule has 2 N–H and O–H groups in total. The Morgan fingerprint density at radius 2 is 2.05 bits per heavy atom. The molecule has 0 saturated carbocycles. The highest BCUT2D eigenvalue weighted by molar-refractivity contribution is 5.85. The van der Waals surface area contributed by atoms with Crippen molar-refractivity contribution >= 4 is 22.6 Å². The minimum atomic E-state index is -0.816. The number of aliphatic carboxylic acids is 1. The molecule has 0 atom stereocenters. The maximum atomic E-state index is 10.8. The second kappa shape index (κ2) is 4.93. The Bertz CT molecular complexity index is 600. The molecule has 1 aliphatic heterocycles. The second-order valence-electron chi connectivity index (χ2n) is 4.82. The van der Waals surface area contributed by atoms with Crippen LogP contribution in [0.3, 0.4) is 0 Å². The van der Waals surface area contributed by atoms with Gasteiger partial charge < -0.3 is 19.9 Å². The van der Waals surface area contributed by atoms with Crippen LogP contribution < -0.4 is 10.2 Å². The topological polar surface area (TPSA) is 57.5 Å². The van der Waals surface area contributed by atoms with Crippen molar-refractivity contribution < 1.29 is 9.90 Å². The van der Waals surface area contributed by atoms with Gasteiger partial charge in [0.2, 0.25) is 0 Å². The molecule has 2 aromatic rings. The third kappa shape index (κ3) is 2.42. The zero-order chi connectivity index (χ0) is 13.2. The van der Waals surface area contributed by atoms with E-state index in [2.05, 4.69) is 22.3 Å². The van der Waals surface area contributed by atoms with Crippen molar-refractivity contribution in [2.75, 3.05) is 31.1 Å². The number of carboxylic acid groups (broad SMARTS) is 1. The van der Waals surface area contributed by atoms with Gasteiger partial charge in [-0.2, -0.15) is 0 Å². The molecule has 0 amide bonds. The van der Waals surface area contributed by atoms with E-state index in [1.807, 2.05) is 18.3 Å². The molecule has 1 aromatic carbocycles. The number of rotatable bonds is 3. The third-order valence-electron chi connectivity index (χ3n) is 3.54. The molecular formula is C14H17N3O2. The van der Waals surface area contributed by atoms with Crippen LogP contribution in [0, 0.1) is 0 Å². The van der Waals surface area contributed by atoms with E-state index in [9.17, 15) is 4.79 Å². The molecule has 1 aromatic heterocycles. The van der Waals surface area contributed by atoms with Crippen LogP contribution in [0.15, 0.2) is 30.5 Å². The summed E-state index contributed by atoms with van der Waals surface area (Å²) in [5.74, 6) is -0.816. The largest absolute Gasteiger partial charge is 0.480 e. The van der Waals surface area contributed by atoms with Crippen molar-refractivity contribution in [2.24, 2.45) is 0 Å². The fourth-order valence-electron chi connectivity index (χ4n) is 2.59. The van der Waals surface area contributed by atoms with Crippen LogP contribution in [0.4, 0.5) is 5.69 Å². The van der Waals surface area contributed by atoms with E-state index < -0.39 is 5.97 Å². The van der Waals surface area contributed by atoms with E-state index in [0.717, 1.165) is 37.1 Å². The minimum absolute atomic E-state index is 0.0104. The Balaban J connectivity index is 1.91. The summed E-state index contributed by atoms with van der Waals surface area (Å²) in [7, 11) is 0. The average molecular weight is 259 g/mol. The number of hydrogen-bond donors (Lipinski definition) is 2. The van der Waals surface area contributed by atoms with Gasteiger partial charge in [-0.15, -0.1) is 0 Å². The van der Waals surface area contributed by atoms with Crippen LogP contribution in [0.1, 0.15) is 0 Å². The Hall–Kier alpha value is -2.01. The lowest BCUT2D eigenvalue weighted by atomic mass is 10.2. The molecule has 5 nitrogen and oxygen atoms in total. The summed E-state index contributed by atoms with van der Waals surface area (Å²) in [5, 5.41) is 13.3. The lowest BCUT2D eigenvalue weighted by molar-refractivity contribution is -0.137. The summed E-state index contributed by atoms with van der Waals surface area (Å²) in [4.78, 5) is 13.1. The number of nitrogens with one attached hydrogen (secondary N) is 1. The van der Waals surface area contributed by atoms with Crippen LogP contribution in [-0.4, -0.2) is 41.8 Å². The van der Waals surface area contributed by atoms with Gasteiger partial charge in [-0.05, 0) is 24.3 Å². The van der Waals surface area contributed by atoms with E-state index in [4.69, 9.17) is 5.11 Å². The van der Waals surface area contributed by atoms with Crippen LogP contribution in [-0.2, 0) is 11.3 Å². The lowest BCUT2D eigenvalue weighted by Gasteiger charge is -2.29. The smallest absolute Gasteiger partial charge is 0.323 e. The Morgan fingerprint density at radius 3 is 2.79 bits per heavy atom. The quantitative estimate of drug-likeness (QED) is 0.867. The maximum Gasteiger partial charge on any atom is 0.323 e. The molecule has 1 aliphatic rings. The lowest BCUT2D eigenvalue weighted by Crippen LogP contribution is -2.43. The number of aromatic nitrogens is 1. The fourth-order valence-corrected chi connectivity index (χ4v) is 2.59. The van der Waals surface area contributed by atoms with Crippen LogP contribution in [0.5, 0.6) is 0 Å². The highest BCUT2D eigenvalue weighted by Gasteiger charge is 2.12. The number of benzene rings is 1. The first kappa shape index (κ1) is 12.0. The fraction of sp³-hybridized carbons (Fsp3) is 0.357. The summed E-state index contributed by atoms with van der Waals surface area (Å²) in [6.07, 6.45) is 1.83. The first-order valence-electron chi connectivity index (χ1n) is 6.50. The van der Waals surface area contributed by atoms with Crippen molar-refractivity contribution in [1.82, 2.24) is 9.88 Å². The number of nitrogens with zero attached hydrogens (tertiary/aromatic N) is 2. The van der Waals surface area contributed by atoms with Gasteiger partial charge in [0.1, 0.15) is 6.54 Å². The van der Waals surface area contributed by atoms with Crippen LogP contribution in [0.2, 0.25) is 0 Å². The summed E-state index contributed by atoms with van der Waals surface area (Å²) < 4.78 is 1.76. The van der Waals surface area contributed by atoms with Crippen molar-refractivity contribution in [2.45, 2.75) is 6.54 Å². The standard InChI is InChI=1S/C14H17N3O2/c18-14(19)10-17-6-3-11-9-12(1-2-13(11)17)16-7-4-15-5-8-16/h1-3,6,9,15H,4-5,7-8,10H2,(H,18,19). The van der Waals surface area contributed by atoms with Gasteiger partial charge in [0, 0.05) is 49.0 Å². The van der Waals surface area contributed by atoms with Crippen molar-refractivity contribution in [3.8, 4) is 0 Å². The number of fused-ring (bicyclic) bond motifs is 1. The predicted octanol–water partition coefficient (Wildman–Crippen LogP) is 1.14. The van der Waals surface area contributed by atoms with Crippen LogP contribution >= 0.6 is 0 Å². The van der Waals surface area contributed by atoms with Gasteiger partial charge in [-0.3, -0.25) is 4.79 Å². The SMILES string of the molecule is O=C(O)Cn1ccc2cc(N3CCNCC3)ccc21. The molecule has 2 heterocycles. The summed E-state index contributed by atoms with van der Waals surface area (Å²) >= 11 is 0. The van der Waals surface area contributed by atoms with E-state index in [1.54, 1.807) is 4.57 Å². The Labute approximate surface area is 111 Å². The molecule has 3 rings (SSSR count). The number of carbonyl (C=O) groups is 1. The highest BCUT2D eigenvalue weighted by Crippen LogP contribution is 2.23. The van der Waals surface area contributed by atoms with E-state index in [1.165, 1.54) is 5.69 Å². The Kier molecular flexibility index (Phi) is 3.13. The monoisotopic (exact) mass is 259 g/mol. The molecule has 1 saturated heterocycles. The summed E-state index contributed by atoms with van der Waals surface area (Å²) in [5.41, 5.74) is 2.18. The van der Waals surface area contributed by atoms with E-state index in [-0.39, 0.29) is 6.54 Å². The number of anilines is 1. The predicted molar refractivity (Wildman–Crippen MR) is 74.7 cm³/mol. The van der Waals surface area contributed by atoms with Gasteiger partial charge in [-0.25, -0.2) is 0 Å². The third-order valence-corrected chi connectivity index (χ3v) is 3.54. The average Bonchev–Trinajstić information content (AvgIpc) is 2.81. The zero-order valence-electron chi connectivity index (χ0n) is 10.7. The number of piperazine rings is 1. The van der Waals surface area contributed by atoms with Gasteiger partial charge in [0.25, 0.3) is 0 Å². The molecule has 0 aliphatic carbocycles. The highest BCUT2D eigenvalue weighted by atomic mass is 16.4. The van der Waals surface area contributed by atoms with Crippen LogP contribution in [0.25, 0.3) is 10.9 Å².